The molecule has 1 aliphatic carbocycles. The van der Waals surface area contributed by atoms with Crippen molar-refractivity contribution in [3.8, 4) is 6.07 Å². The number of aromatic amines is 1. The third kappa shape index (κ3) is 4.15. The van der Waals surface area contributed by atoms with Crippen LogP contribution in [0.4, 0.5) is 14.5 Å². The molecule has 0 unspecified atom stereocenters. The van der Waals surface area contributed by atoms with Crippen LogP contribution < -0.4 is 10.6 Å². The summed E-state index contributed by atoms with van der Waals surface area (Å²) in [5.41, 5.74) is 1.34. The quantitative estimate of drug-likeness (QED) is 0.357. The summed E-state index contributed by atoms with van der Waals surface area (Å²) in [5.74, 6) is -5.48. The first kappa shape index (κ1) is 24.8. The fourth-order valence-electron chi connectivity index (χ4n) is 4.74. The third-order valence-electron chi connectivity index (χ3n) is 6.72. The van der Waals surface area contributed by atoms with Crippen molar-refractivity contribution in [1.29, 1.82) is 5.26 Å². The van der Waals surface area contributed by atoms with Gasteiger partial charge in [0.2, 0.25) is 0 Å². The first-order valence-electron chi connectivity index (χ1n) is 11.1. The molecule has 1 aliphatic rings. The van der Waals surface area contributed by atoms with Gasteiger partial charge in [0, 0.05) is 43.0 Å². The number of ketones is 1. The zero-order valence-corrected chi connectivity index (χ0v) is 20.1. The summed E-state index contributed by atoms with van der Waals surface area (Å²) in [4.78, 5) is 39.3. The molecule has 0 aliphatic heterocycles. The van der Waals surface area contributed by atoms with E-state index in [1.807, 2.05) is 0 Å². The van der Waals surface area contributed by atoms with E-state index in [1.165, 1.54) is 17.0 Å². The standard InChI is InChI=1S/C25H24F2N6O3/c1-13-5-6-18(7-16(13)8-28)31-22(35)20-14(2)19(15(3)33(20)4)21(34)23(36)32-24(11-25(26,27)12-24)17-9-29-30-10-17/h5-7,9-10H,11-12H2,1-4H3,(H,29,30)(H,31,35)(H,32,36). The van der Waals surface area contributed by atoms with E-state index in [0.29, 0.717) is 22.5 Å². The Labute approximate surface area is 205 Å². The molecule has 1 aromatic carbocycles. The van der Waals surface area contributed by atoms with Gasteiger partial charge in [-0.3, -0.25) is 19.5 Å². The summed E-state index contributed by atoms with van der Waals surface area (Å²) in [6.45, 7) is 4.91. The second-order valence-electron chi connectivity index (χ2n) is 9.15. The normalized spacial score (nSPS) is 15.5. The molecular formula is C25H24F2N6O3. The Morgan fingerprint density at radius 1 is 1.19 bits per heavy atom. The summed E-state index contributed by atoms with van der Waals surface area (Å²) in [5, 5.41) is 20.8. The van der Waals surface area contributed by atoms with Gasteiger partial charge in [-0.2, -0.15) is 10.4 Å². The highest BCUT2D eigenvalue weighted by atomic mass is 19.3. The van der Waals surface area contributed by atoms with Gasteiger partial charge in [-0.1, -0.05) is 6.07 Å². The zero-order chi connectivity index (χ0) is 26.4. The molecule has 0 radical (unpaired) electrons. The number of carbonyl (C=O) groups excluding carboxylic acids is 3. The van der Waals surface area contributed by atoms with Crippen LogP contribution in [-0.2, 0) is 17.4 Å². The maximum Gasteiger partial charge on any atom is 0.293 e. The predicted octanol–water partition coefficient (Wildman–Crippen LogP) is 3.42. The molecular weight excluding hydrogens is 470 g/mol. The van der Waals surface area contributed by atoms with Crippen LogP contribution in [0.2, 0.25) is 0 Å². The smallest absolute Gasteiger partial charge is 0.293 e. The number of aryl methyl sites for hydroxylation is 1. The second kappa shape index (κ2) is 8.71. The Bertz CT molecular complexity index is 1420. The van der Waals surface area contributed by atoms with Gasteiger partial charge < -0.3 is 15.2 Å². The average molecular weight is 495 g/mol. The molecule has 2 aromatic heterocycles. The summed E-state index contributed by atoms with van der Waals surface area (Å²) in [6.07, 6.45) is 1.44. The van der Waals surface area contributed by atoms with Crippen molar-refractivity contribution in [3.63, 3.8) is 0 Å². The largest absolute Gasteiger partial charge is 0.343 e. The number of Topliss-reactive ketones (excluding diaryl/α,β-unsaturated/α-hetero) is 1. The first-order valence-corrected chi connectivity index (χ1v) is 11.1. The highest BCUT2D eigenvalue weighted by Crippen LogP contribution is 2.51. The fourth-order valence-corrected chi connectivity index (χ4v) is 4.74. The van der Waals surface area contributed by atoms with Gasteiger partial charge in [0.15, 0.2) is 0 Å². The number of alkyl halides is 2. The lowest BCUT2D eigenvalue weighted by atomic mass is 9.69. The Balaban J connectivity index is 1.60. The van der Waals surface area contributed by atoms with Gasteiger partial charge >= 0.3 is 0 Å². The number of hydrogen-bond acceptors (Lipinski definition) is 5. The van der Waals surface area contributed by atoms with Crippen LogP contribution in [0, 0.1) is 32.1 Å². The molecule has 0 spiro atoms. The van der Waals surface area contributed by atoms with Crippen molar-refractivity contribution in [1.82, 2.24) is 20.1 Å². The van der Waals surface area contributed by atoms with Crippen molar-refractivity contribution in [2.75, 3.05) is 5.32 Å². The molecule has 36 heavy (non-hydrogen) atoms. The van der Waals surface area contributed by atoms with Gasteiger partial charge in [0.05, 0.1) is 28.9 Å². The molecule has 4 rings (SSSR count). The number of nitrogens with zero attached hydrogens (tertiary/aromatic N) is 3. The van der Waals surface area contributed by atoms with Crippen molar-refractivity contribution < 1.29 is 23.2 Å². The number of H-pyrrole nitrogens is 1. The van der Waals surface area contributed by atoms with Gasteiger partial charge in [-0.05, 0) is 44.0 Å². The van der Waals surface area contributed by atoms with Crippen LogP contribution in [-0.4, -0.2) is 38.3 Å². The van der Waals surface area contributed by atoms with Crippen LogP contribution in [0.15, 0.2) is 30.6 Å². The maximum atomic E-state index is 13.8. The average Bonchev–Trinajstić information content (AvgIpc) is 3.41. The summed E-state index contributed by atoms with van der Waals surface area (Å²) in [7, 11) is 1.58. The number of aromatic nitrogens is 3. The summed E-state index contributed by atoms with van der Waals surface area (Å²) < 4.78 is 29.1. The highest BCUT2D eigenvalue weighted by molar-refractivity contribution is 6.43. The minimum absolute atomic E-state index is 0.0233. The molecule has 2 heterocycles. The number of halogens is 2. The van der Waals surface area contributed by atoms with Crippen molar-refractivity contribution in [3.05, 3.63) is 69.8 Å². The third-order valence-corrected chi connectivity index (χ3v) is 6.72. The fraction of sp³-hybridized carbons (Fsp3) is 0.320. The van der Waals surface area contributed by atoms with E-state index < -0.39 is 41.9 Å². The number of amides is 2. The molecule has 9 nitrogen and oxygen atoms in total. The van der Waals surface area contributed by atoms with E-state index in [1.54, 1.807) is 46.0 Å². The summed E-state index contributed by atoms with van der Waals surface area (Å²) >= 11 is 0. The van der Waals surface area contributed by atoms with E-state index in [0.717, 1.165) is 5.56 Å². The number of anilines is 1. The molecule has 1 fully saturated rings. The number of rotatable bonds is 6. The molecule has 3 aromatic rings. The molecule has 0 atom stereocenters. The van der Waals surface area contributed by atoms with E-state index in [4.69, 9.17) is 0 Å². The van der Waals surface area contributed by atoms with Crippen molar-refractivity contribution >= 4 is 23.3 Å². The van der Waals surface area contributed by atoms with Crippen LogP contribution >= 0.6 is 0 Å². The number of nitriles is 1. The van der Waals surface area contributed by atoms with Crippen LogP contribution in [0.3, 0.4) is 0 Å². The SMILES string of the molecule is Cc1ccc(NC(=O)c2c(C)c(C(=O)C(=O)NC3(c4cn[nH]c4)CC(F)(F)C3)c(C)n2C)cc1C#N. The number of nitrogens with one attached hydrogen (secondary N) is 3. The molecule has 1 saturated carbocycles. The van der Waals surface area contributed by atoms with Gasteiger partial charge in [-0.25, -0.2) is 8.78 Å². The lowest BCUT2D eigenvalue weighted by molar-refractivity contribution is -0.147. The second-order valence-corrected chi connectivity index (χ2v) is 9.15. The van der Waals surface area contributed by atoms with E-state index in [-0.39, 0.29) is 16.8 Å². The topological polar surface area (TPSA) is 133 Å². The zero-order valence-electron chi connectivity index (χ0n) is 20.1. The lowest BCUT2D eigenvalue weighted by Gasteiger charge is -2.47. The molecule has 3 N–H and O–H groups in total. The van der Waals surface area contributed by atoms with Gasteiger partial charge in [0.25, 0.3) is 23.5 Å². The Hall–Kier alpha value is -4.33. The van der Waals surface area contributed by atoms with Gasteiger partial charge in [-0.15, -0.1) is 0 Å². The number of benzene rings is 1. The van der Waals surface area contributed by atoms with Gasteiger partial charge in [0.1, 0.15) is 5.69 Å². The van der Waals surface area contributed by atoms with Crippen LogP contribution in [0.5, 0.6) is 0 Å². The predicted molar refractivity (Wildman–Crippen MR) is 126 cm³/mol. The monoisotopic (exact) mass is 494 g/mol. The summed E-state index contributed by atoms with van der Waals surface area (Å²) in [6, 6.07) is 6.96. The lowest BCUT2D eigenvalue weighted by Crippen LogP contribution is -2.60. The van der Waals surface area contributed by atoms with E-state index in [2.05, 4.69) is 26.9 Å². The molecule has 186 valence electrons. The first-order chi connectivity index (χ1) is 16.9. The van der Waals surface area contributed by atoms with E-state index >= 15 is 0 Å². The highest BCUT2D eigenvalue weighted by Gasteiger charge is 2.59. The number of carbonyl (C=O) groups is 3. The van der Waals surface area contributed by atoms with Crippen molar-refractivity contribution in [2.45, 2.75) is 45.1 Å². The number of hydrogen-bond donors (Lipinski definition) is 3. The Morgan fingerprint density at radius 3 is 2.47 bits per heavy atom. The molecule has 2 amide bonds. The maximum absolute atomic E-state index is 13.8. The molecule has 0 bridgehead atoms. The molecule has 11 heteroatoms. The Morgan fingerprint density at radius 2 is 1.89 bits per heavy atom. The minimum Gasteiger partial charge on any atom is -0.343 e. The van der Waals surface area contributed by atoms with Crippen LogP contribution in [0.25, 0.3) is 0 Å². The molecule has 0 saturated heterocycles. The van der Waals surface area contributed by atoms with E-state index in [9.17, 15) is 28.4 Å². The van der Waals surface area contributed by atoms with Crippen LogP contribution in [0.1, 0.15) is 61.6 Å². The minimum atomic E-state index is -2.97. The Kier molecular flexibility index (Phi) is 6.00. The van der Waals surface area contributed by atoms with Crippen molar-refractivity contribution in [2.24, 2.45) is 7.05 Å².